The molecule has 3 N–H and O–H groups in total. The van der Waals surface area contributed by atoms with Crippen LogP contribution in [0.15, 0.2) is 53.6 Å². The number of rotatable bonds is 12. The van der Waals surface area contributed by atoms with Crippen molar-refractivity contribution in [1.82, 2.24) is 14.8 Å². The number of sulfone groups is 1. The van der Waals surface area contributed by atoms with E-state index in [9.17, 15) is 22.4 Å². The number of aromatic nitrogens is 1. The third kappa shape index (κ3) is 9.78. The maximum Gasteiger partial charge on any atom is 0.322 e. The van der Waals surface area contributed by atoms with Gasteiger partial charge in [0.1, 0.15) is 11.6 Å². The molecule has 0 unspecified atom stereocenters. The number of likely N-dealkylation sites (tertiary alicyclic amines) is 1. The highest BCUT2D eigenvalue weighted by molar-refractivity contribution is 7.90. The minimum atomic E-state index is -3.30. The molecule has 1 aliphatic rings. The van der Waals surface area contributed by atoms with Crippen molar-refractivity contribution in [3.05, 3.63) is 76.2 Å². The quantitative estimate of drug-likeness (QED) is 0.204. The molecule has 4 rings (SSSR count). The maximum absolute atomic E-state index is 14.1. The second kappa shape index (κ2) is 16.4. The molecule has 250 valence electrons. The summed E-state index contributed by atoms with van der Waals surface area (Å²) in [7, 11) is -3.30. The van der Waals surface area contributed by atoms with Crippen LogP contribution in [0, 0.1) is 12.7 Å². The topological polar surface area (TPSA) is 135 Å². The molecule has 0 atom stereocenters. The third-order valence-electron chi connectivity index (χ3n) is 7.82. The number of nitrogens with one attached hydrogen (secondary N) is 1. The summed E-state index contributed by atoms with van der Waals surface area (Å²) in [5.41, 5.74) is 6.78. The lowest BCUT2D eigenvalue weighted by atomic mass is 10.0. The highest BCUT2D eigenvalue weighted by Gasteiger charge is 2.28. The van der Waals surface area contributed by atoms with Gasteiger partial charge in [0.2, 0.25) is 5.88 Å². The van der Waals surface area contributed by atoms with E-state index < -0.39 is 21.6 Å². The Labute approximate surface area is 280 Å². The van der Waals surface area contributed by atoms with E-state index in [1.54, 1.807) is 31.3 Å². The number of halogens is 3. The zero-order chi connectivity index (χ0) is 32.7. The molecule has 1 aromatic heterocycles. The zero-order valence-corrected chi connectivity index (χ0v) is 28.5. The van der Waals surface area contributed by atoms with Crippen LogP contribution < -0.4 is 15.8 Å². The number of hydrogen-bond donors (Lipinski definition) is 2. The fraction of sp³-hybridized carbons (Fsp3) is 0.406. The number of piperidine rings is 1. The van der Waals surface area contributed by atoms with Crippen LogP contribution >= 0.6 is 24.0 Å². The molecule has 14 heteroatoms. The second-order valence-corrected chi connectivity index (χ2v) is 13.7. The van der Waals surface area contributed by atoms with Gasteiger partial charge in [-0.3, -0.25) is 9.69 Å². The van der Waals surface area contributed by atoms with Crippen LogP contribution in [-0.2, 0) is 16.4 Å². The Morgan fingerprint density at radius 3 is 2.46 bits per heavy atom. The van der Waals surface area contributed by atoms with Crippen molar-refractivity contribution in [3.63, 3.8) is 0 Å². The van der Waals surface area contributed by atoms with E-state index in [2.05, 4.69) is 22.1 Å². The molecule has 3 amide bonds. The van der Waals surface area contributed by atoms with Gasteiger partial charge in [-0.25, -0.2) is 22.6 Å². The molecular formula is C32H40Cl2FN5O5S. The predicted octanol–water partition coefficient (Wildman–Crippen LogP) is 6.59. The summed E-state index contributed by atoms with van der Waals surface area (Å²) in [6.45, 7) is 6.68. The molecule has 3 aromatic rings. The monoisotopic (exact) mass is 695 g/mol. The summed E-state index contributed by atoms with van der Waals surface area (Å²) in [6.07, 6.45) is 7.28. The van der Waals surface area contributed by atoms with E-state index in [1.807, 2.05) is 11.0 Å². The highest BCUT2D eigenvalue weighted by Crippen LogP contribution is 2.28. The van der Waals surface area contributed by atoms with Crippen molar-refractivity contribution in [2.24, 2.45) is 5.73 Å². The standard InChI is InChI=1S/C32H39ClFN5O5S.ClH/c1-4-5-6-13-39(32(41)37-28-17-25(31(35)40)27(34)18-26(28)33)23-11-14-38(15-12-23)20-22-7-10-30(36-19-22)44-29-9-8-24(16-21(29)2)45(3,42)43;/h7-10,16-19,23H,4-6,11-15,20H2,1-3H3,(H2,35,40)(H,37,41);1H. The van der Waals surface area contributed by atoms with Crippen LogP contribution in [0.25, 0.3) is 0 Å². The maximum atomic E-state index is 14.1. The Balaban J connectivity index is 0.00000576. The van der Waals surface area contributed by atoms with Crippen LogP contribution in [0.1, 0.15) is 60.5 Å². The molecule has 0 radical (unpaired) electrons. The fourth-order valence-electron chi connectivity index (χ4n) is 5.29. The predicted molar refractivity (Wildman–Crippen MR) is 179 cm³/mol. The molecule has 10 nitrogen and oxygen atoms in total. The molecule has 2 heterocycles. The SMILES string of the molecule is CCCCCN(C(=O)Nc1cc(C(N)=O)c(F)cc1Cl)C1CCN(Cc2ccc(Oc3ccc(S(C)(=O)=O)cc3C)nc2)CC1.Cl. The molecule has 0 spiro atoms. The number of pyridine rings is 1. The number of ether oxygens (including phenoxy) is 1. The number of primary amides is 1. The Bertz CT molecular complexity index is 1630. The minimum Gasteiger partial charge on any atom is -0.439 e. The lowest BCUT2D eigenvalue weighted by Gasteiger charge is -2.38. The Hall–Kier alpha value is -3.45. The Kier molecular flexibility index (Phi) is 13.2. The van der Waals surface area contributed by atoms with Crippen molar-refractivity contribution in [1.29, 1.82) is 0 Å². The number of nitrogens with two attached hydrogens (primary N) is 1. The lowest BCUT2D eigenvalue weighted by Crippen LogP contribution is -2.49. The molecule has 0 bridgehead atoms. The number of carbonyl (C=O) groups is 2. The largest absolute Gasteiger partial charge is 0.439 e. The summed E-state index contributed by atoms with van der Waals surface area (Å²) < 4.78 is 43.6. The van der Waals surface area contributed by atoms with E-state index in [1.165, 1.54) is 18.4 Å². The van der Waals surface area contributed by atoms with Crippen molar-refractivity contribution < 1.29 is 27.1 Å². The van der Waals surface area contributed by atoms with Gasteiger partial charge in [-0.15, -0.1) is 12.4 Å². The van der Waals surface area contributed by atoms with E-state index in [-0.39, 0.29) is 45.6 Å². The van der Waals surface area contributed by atoms with Gasteiger partial charge in [-0.05, 0) is 67.6 Å². The molecule has 0 aliphatic carbocycles. The minimum absolute atomic E-state index is 0. The first-order valence-electron chi connectivity index (χ1n) is 14.9. The summed E-state index contributed by atoms with van der Waals surface area (Å²) in [4.78, 5) is 33.8. The summed E-state index contributed by atoms with van der Waals surface area (Å²) in [5, 5.41) is 2.75. The second-order valence-electron chi connectivity index (χ2n) is 11.3. The number of urea groups is 1. The Morgan fingerprint density at radius 2 is 1.87 bits per heavy atom. The number of aryl methyl sites for hydroxylation is 1. The number of carbonyl (C=O) groups excluding carboxylic acids is 2. The van der Waals surface area contributed by atoms with Gasteiger partial charge in [0.25, 0.3) is 5.91 Å². The van der Waals surface area contributed by atoms with E-state index in [0.29, 0.717) is 30.3 Å². The molecular weight excluding hydrogens is 656 g/mol. The van der Waals surface area contributed by atoms with Crippen LogP contribution in [0.2, 0.25) is 5.02 Å². The van der Waals surface area contributed by atoms with Crippen molar-refractivity contribution in [2.45, 2.75) is 63.4 Å². The first-order valence-corrected chi connectivity index (χ1v) is 17.1. The molecule has 1 aliphatic heterocycles. The summed E-state index contributed by atoms with van der Waals surface area (Å²) in [6, 6.07) is 10.3. The van der Waals surface area contributed by atoms with Crippen LogP contribution in [0.5, 0.6) is 11.6 Å². The van der Waals surface area contributed by atoms with Gasteiger partial charge in [0, 0.05) is 50.7 Å². The first kappa shape index (κ1) is 37.0. The number of nitrogens with zero attached hydrogens (tertiary/aromatic N) is 3. The van der Waals surface area contributed by atoms with Crippen LogP contribution in [-0.4, -0.2) is 67.1 Å². The van der Waals surface area contributed by atoms with Gasteiger partial charge in [0.05, 0.1) is 21.2 Å². The smallest absolute Gasteiger partial charge is 0.322 e. The van der Waals surface area contributed by atoms with Gasteiger partial charge in [-0.2, -0.15) is 0 Å². The number of anilines is 1. The van der Waals surface area contributed by atoms with Crippen molar-refractivity contribution in [3.8, 4) is 11.6 Å². The normalized spacial score (nSPS) is 13.9. The average molecular weight is 697 g/mol. The lowest BCUT2D eigenvalue weighted by molar-refractivity contribution is 0.0996. The molecule has 1 saturated heterocycles. The van der Waals surface area contributed by atoms with Gasteiger partial charge < -0.3 is 20.7 Å². The van der Waals surface area contributed by atoms with E-state index in [4.69, 9.17) is 22.1 Å². The molecule has 46 heavy (non-hydrogen) atoms. The van der Waals surface area contributed by atoms with Crippen molar-refractivity contribution >= 4 is 51.5 Å². The number of hydrogen-bond acceptors (Lipinski definition) is 7. The summed E-state index contributed by atoms with van der Waals surface area (Å²) >= 11 is 6.18. The van der Waals surface area contributed by atoms with Crippen molar-refractivity contribution in [2.75, 3.05) is 31.2 Å². The molecule has 1 fully saturated rings. The van der Waals surface area contributed by atoms with Gasteiger partial charge >= 0.3 is 6.03 Å². The highest BCUT2D eigenvalue weighted by atomic mass is 35.5. The van der Waals surface area contributed by atoms with E-state index >= 15 is 0 Å². The zero-order valence-electron chi connectivity index (χ0n) is 26.1. The van der Waals surface area contributed by atoms with Crippen LogP contribution in [0.3, 0.4) is 0 Å². The number of benzene rings is 2. The molecule has 0 saturated carbocycles. The fourth-order valence-corrected chi connectivity index (χ4v) is 6.20. The number of amides is 3. The number of unbranched alkanes of at least 4 members (excludes halogenated alkanes) is 2. The Morgan fingerprint density at radius 1 is 1.15 bits per heavy atom. The van der Waals surface area contributed by atoms with Gasteiger partial charge in [0.15, 0.2) is 9.84 Å². The molecule has 2 aromatic carbocycles. The van der Waals surface area contributed by atoms with E-state index in [0.717, 1.165) is 56.8 Å². The summed E-state index contributed by atoms with van der Waals surface area (Å²) in [5.74, 6) is -0.843. The average Bonchev–Trinajstić information content (AvgIpc) is 2.98. The first-order chi connectivity index (χ1) is 21.3. The third-order valence-corrected chi connectivity index (χ3v) is 9.24. The van der Waals surface area contributed by atoms with Crippen LogP contribution in [0.4, 0.5) is 14.9 Å². The van der Waals surface area contributed by atoms with Gasteiger partial charge in [-0.1, -0.05) is 37.4 Å².